The molecule has 0 aromatic carbocycles. The third-order valence-corrected chi connectivity index (χ3v) is 5.75. The van der Waals surface area contributed by atoms with Gasteiger partial charge in [-0.15, -0.1) is 0 Å². The van der Waals surface area contributed by atoms with Crippen molar-refractivity contribution in [2.45, 2.75) is 58.2 Å². The highest BCUT2D eigenvalue weighted by molar-refractivity contribution is 5.69. The maximum Gasteiger partial charge on any atom is 0.305 e. The molecule has 0 aromatic rings. The van der Waals surface area contributed by atoms with Gasteiger partial charge in [-0.25, -0.2) is 0 Å². The molecule has 0 aliphatic carbocycles. The molecular formula is C29H56O12. The number of unbranched alkanes of at least 4 members (excludes halogenated alkanes) is 2. The largest absolute Gasteiger partial charge is 0.463 e. The van der Waals surface area contributed by atoms with Crippen LogP contribution in [-0.2, 0) is 56.9 Å². The predicted molar refractivity (Wildman–Crippen MR) is 151 cm³/mol. The summed E-state index contributed by atoms with van der Waals surface area (Å²) in [5, 5.41) is 0. The van der Waals surface area contributed by atoms with Crippen molar-refractivity contribution >= 4 is 5.97 Å². The zero-order chi connectivity index (χ0) is 29.3. The molecule has 0 saturated carbocycles. The molecule has 41 heavy (non-hydrogen) atoms. The van der Waals surface area contributed by atoms with Gasteiger partial charge < -0.3 is 52.1 Å². The van der Waals surface area contributed by atoms with Gasteiger partial charge in [-0.05, 0) is 25.7 Å². The molecule has 0 bridgehead atoms. The molecule has 1 aliphatic rings. The first kappa shape index (κ1) is 38.1. The summed E-state index contributed by atoms with van der Waals surface area (Å²) in [5.41, 5.74) is 0. The summed E-state index contributed by atoms with van der Waals surface area (Å²) >= 11 is 0. The normalized spacial score (nSPS) is 15.4. The van der Waals surface area contributed by atoms with Crippen molar-refractivity contribution in [3.8, 4) is 0 Å². The summed E-state index contributed by atoms with van der Waals surface area (Å²) in [6.07, 6.45) is 6.69. The van der Waals surface area contributed by atoms with Gasteiger partial charge in [-0.2, -0.15) is 0 Å². The number of rotatable bonds is 32. The molecule has 1 heterocycles. The van der Waals surface area contributed by atoms with Gasteiger partial charge in [0.15, 0.2) is 6.29 Å². The Morgan fingerprint density at radius 1 is 0.561 bits per heavy atom. The molecule has 1 fully saturated rings. The zero-order valence-electron chi connectivity index (χ0n) is 25.4. The maximum absolute atomic E-state index is 11.4. The Balaban J connectivity index is 1.62. The molecule has 0 radical (unpaired) electrons. The van der Waals surface area contributed by atoms with E-state index < -0.39 is 0 Å². The minimum absolute atomic E-state index is 0.0658. The van der Waals surface area contributed by atoms with Crippen LogP contribution in [0.1, 0.15) is 51.9 Å². The minimum atomic E-state index is -0.157. The maximum atomic E-state index is 11.4. The first-order chi connectivity index (χ1) is 20.3. The summed E-state index contributed by atoms with van der Waals surface area (Å²) in [7, 11) is 0. The van der Waals surface area contributed by atoms with Crippen LogP contribution in [0.2, 0.25) is 0 Å². The van der Waals surface area contributed by atoms with Crippen molar-refractivity contribution in [2.24, 2.45) is 0 Å². The quantitative estimate of drug-likeness (QED) is 0.0839. The van der Waals surface area contributed by atoms with Crippen molar-refractivity contribution in [1.82, 2.24) is 0 Å². The molecule has 244 valence electrons. The van der Waals surface area contributed by atoms with Gasteiger partial charge in [0.05, 0.1) is 112 Å². The van der Waals surface area contributed by atoms with Crippen molar-refractivity contribution in [2.75, 3.05) is 126 Å². The van der Waals surface area contributed by atoms with E-state index in [1.165, 1.54) is 0 Å². The number of carbonyl (C=O) groups is 1. The smallest absolute Gasteiger partial charge is 0.305 e. The number of ether oxygens (including phenoxy) is 11. The van der Waals surface area contributed by atoms with Crippen molar-refractivity contribution in [3.05, 3.63) is 0 Å². The third-order valence-electron chi connectivity index (χ3n) is 5.75. The second kappa shape index (κ2) is 32.0. The van der Waals surface area contributed by atoms with Crippen LogP contribution < -0.4 is 0 Å². The monoisotopic (exact) mass is 596 g/mol. The summed E-state index contributed by atoms with van der Waals surface area (Å²) in [4.78, 5) is 11.4. The molecule has 0 spiro atoms. The molecule has 1 saturated heterocycles. The van der Waals surface area contributed by atoms with E-state index in [1.54, 1.807) is 0 Å². The van der Waals surface area contributed by atoms with Gasteiger partial charge in [0, 0.05) is 13.0 Å². The molecule has 1 atom stereocenters. The van der Waals surface area contributed by atoms with Gasteiger partial charge in [-0.3, -0.25) is 4.79 Å². The molecule has 1 rings (SSSR count). The number of esters is 1. The van der Waals surface area contributed by atoms with Gasteiger partial charge in [-0.1, -0.05) is 19.8 Å². The molecule has 0 aromatic heterocycles. The van der Waals surface area contributed by atoms with Crippen LogP contribution in [0, 0.1) is 0 Å². The lowest BCUT2D eigenvalue weighted by atomic mass is 10.2. The highest BCUT2D eigenvalue weighted by atomic mass is 16.7. The summed E-state index contributed by atoms with van der Waals surface area (Å²) in [6.45, 7) is 11.7. The van der Waals surface area contributed by atoms with Crippen LogP contribution in [-0.4, -0.2) is 138 Å². The van der Waals surface area contributed by atoms with Crippen LogP contribution in [0.5, 0.6) is 0 Å². The fraction of sp³-hybridized carbons (Fsp3) is 0.966. The molecule has 1 aliphatic heterocycles. The van der Waals surface area contributed by atoms with E-state index in [0.717, 1.165) is 45.1 Å². The second-order valence-electron chi connectivity index (χ2n) is 9.24. The highest BCUT2D eigenvalue weighted by Crippen LogP contribution is 2.13. The standard InChI is InChI=1S/C29H56O12/c1-2-3-4-7-28(30)39-26-24-37-22-20-35-18-16-33-14-12-31-10-11-32-13-15-34-17-19-36-21-23-38-25-27-41-29-8-5-6-9-40-29/h29H,2-27H2,1H3. The average Bonchev–Trinajstić information content (AvgIpc) is 2.99. The third kappa shape index (κ3) is 28.9. The Labute approximate surface area is 246 Å². The van der Waals surface area contributed by atoms with E-state index in [2.05, 4.69) is 6.92 Å². The number of carbonyl (C=O) groups excluding carboxylic acids is 1. The molecular weight excluding hydrogens is 540 g/mol. The Hall–Kier alpha value is -0.930. The van der Waals surface area contributed by atoms with Gasteiger partial charge >= 0.3 is 5.97 Å². The lowest BCUT2D eigenvalue weighted by molar-refractivity contribution is -0.169. The Bertz CT molecular complexity index is 534. The summed E-state index contributed by atoms with van der Waals surface area (Å²) < 4.78 is 59.8. The van der Waals surface area contributed by atoms with Crippen LogP contribution >= 0.6 is 0 Å². The minimum Gasteiger partial charge on any atom is -0.463 e. The van der Waals surface area contributed by atoms with Crippen molar-refractivity contribution in [1.29, 1.82) is 0 Å². The van der Waals surface area contributed by atoms with E-state index in [1.807, 2.05) is 0 Å². The Kier molecular flexibility index (Phi) is 29.7. The molecule has 0 N–H and O–H groups in total. The molecule has 0 amide bonds. The second-order valence-corrected chi connectivity index (χ2v) is 9.24. The first-order valence-electron chi connectivity index (χ1n) is 15.3. The predicted octanol–water partition coefficient (Wildman–Crippen LogP) is 2.79. The van der Waals surface area contributed by atoms with E-state index in [-0.39, 0.29) is 18.9 Å². The summed E-state index contributed by atoms with van der Waals surface area (Å²) in [5.74, 6) is -0.157. The zero-order valence-corrected chi connectivity index (χ0v) is 25.4. The lowest BCUT2D eigenvalue weighted by Gasteiger charge is -2.22. The molecule has 12 nitrogen and oxygen atoms in total. The fourth-order valence-electron chi connectivity index (χ4n) is 3.53. The molecule has 12 heteroatoms. The van der Waals surface area contributed by atoms with Crippen molar-refractivity contribution < 1.29 is 56.9 Å². The lowest BCUT2D eigenvalue weighted by Crippen LogP contribution is -2.24. The van der Waals surface area contributed by atoms with Gasteiger partial charge in [0.25, 0.3) is 0 Å². The fourth-order valence-corrected chi connectivity index (χ4v) is 3.53. The highest BCUT2D eigenvalue weighted by Gasteiger charge is 2.13. The van der Waals surface area contributed by atoms with Gasteiger partial charge in [0.2, 0.25) is 0 Å². The Morgan fingerprint density at radius 3 is 1.37 bits per heavy atom. The average molecular weight is 597 g/mol. The van der Waals surface area contributed by atoms with E-state index >= 15 is 0 Å². The first-order valence-corrected chi connectivity index (χ1v) is 15.3. The van der Waals surface area contributed by atoms with Gasteiger partial charge in [0.1, 0.15) is 6.61 Å². The van der Waals surface area contributed by atoms with Crippen LogP contribution in [0.15, 0.2) is 0 Å². The van der Waals surface area contributed by atoms with Crippen LogP contribution in [0.4, 0.5) is 0 Å². The summed E-state index contributed by atoms with van der Waals surface area (Å²) in [6, 6.07) is 0. The van der Waals surface area contributed by atoms with E-state index in [9.17, 15) is 4.79 Å². The van der Waals surface area contributed by atoms with Crippen LogP contribution in [0.25, 0.3) is 0 Å². The van der Waals surface area contributed by atoms with E-state index in [0.29, 0.717) is 119 Å². The Morgan fingerprint density at radius 2 is 0.976 bits per heavy atom. The molecule has 1 unspecified atom stereocenters. The topological polar surface area (TPSA) is 119 Å². The van der Waals surface area contributed by atoms with Crippen LogP contribution in [0.3, 0.4) is 0 Å². The van der Waals surface area contributed by atoms with Crippen molar-refractivity contribution in [3.63, 3.8) is 0 Å². The van der Waals surface area contributed by atoms with E-state index in [4.69, 9.17) is 52.1 Å². The number of hydrogen-bond donors (Lipinski definition) is 0. The SMILES string of the molecule is CCCCCC(=O)OCCOCCOCCOCCOCCOCCOCCOCCOCCOC1CCCCO1. The number of hydrogen-bond acceptors (Lipinski definition) is 12.